The number of nitrogens with zero attached hydrogens (tertiary/aromatic N) is 1. The number of piperazine rings is 1. The zero-order chi connectivity index (χ0) is 16.9. The fourth-order valence-electron chi connectivity index (χ4n) is 3.24. The maximum atomic E-state index is 12.2. The fourth-order valence-corrected chi connectivity index (χ4v) is 3.24. The van der Waals surface area contributed by atoms with Crippen LogP contribution in [0.1, 0.15) is 24.8 Å². The number of rotatable bonds is 4. The summed E-state index contributed by atoms with van der Waals surface area (Å²) in [6, 6.07) is 7.48. The first-order valence-electron chi connectivity index (χ1n) is 8.50. The smallest absolute Gasteiger partial charge is 0.225 e. The number of hydrogen-bond donors (Lipinski definition) is 2. The maximum Gasteiger partial charge on any atom is 0.225 e. The Morgan fingerprint density at radius 2 is 2.04 bits per heavy atom. The molecule has 1 aromatic rings. The van der Waals surface area contributed by atoms with Crippen LogP contribution in [0.3, 0.4) is 0 Å². The van der Waals surface area contributed by atoms with E-state index in [4.69, 9.17) is 0 Å². The Bertz CT molecular complexity index is 638. The molecule has 1 saturated carbocycles. The Kier molecular flexibility index (Phi) is 5.25. The second-order valence-corrected chi connectivity index (χ2v) is 6.42. The topological polar surface area (TPSA) is 78.5 Å². The predicted octanol–water partition coefficient (Wildman–Crippen LogP) is 0.446. The second-order valence-electron chi connectivity index (χ2n) is 6.42. The van der Waals surface area contributed by atoms with Gasteiger partial charge in [-0.2, -0.15) is 0 Å². The number of amides is 1. The van der Waals surface area contributed by atoms with Crippen LogP contribution in [-0.2, 0) is 20.8 Å². The molecule has 1 amide bonds. The summed E-state index contributed by atoms with van der Waals surface area (Å²) in [5.41, 5.74) is 2.06. The van der Waals surface area contributed by atoms with Crippen molar-refractivity contribution in [3.05, 3.63) is 29.8 Å². The second kappa shape index (κ2) is 7.57. The molecular weight excluding hydrogens is 306 g/mol. The van der Waals surface area contributed by atoms with Gasteiger partial charge in [-0.1, -0.05) is 12.1 Å². The summed E-state index contributed by atoms with van der Waals surface area (Å²) in [5.74, 6) is -0.372. The normalized spacial score (nSPS) is 21.7. The third kappa shape index (κ3) is 4.20. The van der Waals surface area contributed by atoms with Gasteiger partial charge in [0.1, 0.15) is 5.78 Å². The van der Waals surface area contributed by atoms with Crippen LogP contribution in [0.2, 0.25) is 0 Å². The van der Waals surface area contributed by atoms with E-state index in [1.54, 1.807) is 0 Å². The van der Waals surface area contributed by atoms with Gasteiger partial charge in [0.05, 0.1) is 18.9 Å². The molecule has 3 rings (SSSR count). The average Bonchev–Trinajstić information content (AvgIpc) is 2.58. The Hall–Kier alpha value is -2.21. The van der Waals surface area contributed by atoms with Crippen molar-refractivity contribution in [3.63, 3.8) is 0 Å². The first-order valence-corrected chi connectivity index (χ1v) is 8.50. The third-order valence-corrected chi connectivity index (χ3v) is 4.56. The number of anilines is 1. The summed E-state index contributed by atoms with van der Waals surface area (Å²) >= 11 is 0. The van der Waals surface area contributed by atoms with Crippen LogP contribution in [0.25, 0.3) is 0 Å². The van der Waals surface area contributed by atoms with Crippen LogP contribution in [-0.4, -0.2) is 49.7 Å². The number of carbonyl (C=O) groups is 3. The van der Waals surface area contributed by atoms with Gasteiger partial charge >= 0.3 is 0 Å². The fraction of sp³-hybridized carbons (Fsp3) is 0.500. The lowest BCUT2D eigenvalue weighted by atomic mass is 9.93. The molecule has 0 bridgehead atoms. The molecule has 1 heterocycles. The zero-order valence-electron chi connectivity index (χ0n) is 13.7. The third-order valence-electron chi connectivity index (χ3n) is 4.56. The van der Waals surface area contributed by atoms with Gasteiger partial charge in [0, 0.05) is 38.3 Å². The first-order chi connectivity index (χ1) is 11.6. The highest BCUT2D eigenvalue weighted by Gasteiger charge is 2.28. The van der Waals surface area contributed by atoms with Gasteiger partial charge in [-0.3, -0.25) is 14.4 Å². The zero-order valence-corrected chi connectivity index (χ0v) is 13.7. The van der Waals surface area contributed by atoms with Crippen LogP contribution < -0.4 is 15.5 Å². The summed E-state index contributed by atoms with van der Waals surface area (Å²) in [6.07, 6.45) is 0.987. The van der Waals surface area contributed by atoms with Gasteiger partial charge < -0.3 is 15.5 Å². The molecule has 24 heavy (non-hydrogen) atoms. The van der Waals surface area contributed by atoms with E-state index in [2.05, 4.69) is 21.6 Å². The van der Waals surface area contributed by atoms with E-state index in [1.165, 1.54) is 0 Å². The molecule has 2 N–H and O–H groups in total. The molecule has 6 nitrogen and oxygen atoms in total. The molecule has 0 aromatic heterocycles. The van der Waals surface area contributed by atoms with E-state index in [1.807, 2.05) is 18.2 Å². The highest BCUT2D eigenvalue weighted by Crippen LogP contribution is 2.17. The van der Waals surface area contributed by atoms with E-state index in [0.29, 0.717) is 12.8 Å². The predicted molar refractivity (Wildman–Crippen MR) is 91.0 cm³/mol. The monoisotopic (exact) mass is 329 g/mol. The minimum Gasteiger partial charge on any atom is -0.369 e. The van der Waals surface area contributed by atoms with Crippen LogP contribution >= 0.6 is 0 Å². The van der Waals surface area contributed by atoms with E-state index in [9.17, 15) is 14.4 Å². The number of Topliss-reactive ketones (excluding diaryl/α,β-unsaturated/α-hetero) is 2. The number of nitrogens with one attached hydrogen (secondary N) is 2. The van der Waals surface area contributed by atoms with Gasteiger partial charge in [0.25, 0.3) is 0 Å². The quantitative estimate of drug-likeness (QED) is 0.784. The van der Waals surface area contributed by atoms with E-state index in [-0.39, 0.29) is 30.3 Å². The lowest BCUT2D eigenvalue weighted by Crippen LogP contribution is -2.45. The molecule has 1 aliphatic carbocycles. The van der Waals surface area contributed by atoms with Crippen molar-refractivity contribution in [2.75, 3.05) is 31.1 Å². The van der Waals surface area contributed by atoms with Crippen LogP contribution in [0.15, 0.2) is 24.3 Å². The number of ketones is 2. The van der Waals surface area contributed by atoms with Gasteiger partial charge in [0.15, 0.2) is 5.78 Å². The number of benzene rings is 1. The molecule has 0 spiro atoms. The van der Waals surface area contributed by atoms with Crippen LogP contribution in [0, 0.1) is 0 Å². The van der Waals surface area contributed by atoms with E-state index >= 15 is 0 Å². The van der Waals surface area contributed by atoms with Crippen molar-refractivity contribution in [2.24, 2.45) is 0 Å². The summed E-state index contributed by atoms with van der Waals surface area (Å²) in [4.78, 5) is 37.6. The molecule has 1 aliphatic heterocycles. The molecule has 0 radical (unpaired) electrons. The summed E-state index contributed by atoms with van der Waals surface area (Å²) in [6.45, 7) is 3.85. The van der Waals surface area contributed by atoms with E-state index < -0.39 is 6.04 Å². The standard InChI is InChI=1S/C18H23N3O3/c22-15-4-5-16(17(23)12-15)20-18(24)11-13-2-1-3-14(10-13)21-8-6-19-7-9-21/h1-3,10,16,19H,4-9,11-12H2,(H,20,24). The summed E-state index contributed by atoms with van der Waals surface area (Å²) in [5, 5.41) is 6.09. The molecule has 1 saturated heterocycles. The SMILES string of the molecule is O=C1CCC(NC(=O)Cc2cccc(N3CCNCC3)c2)C(=O)C1. The Morgan fingerprint density at radius 1 is 1.25 bits per heavy atom. The Balaban J connectivity index is 1.58. The average molecular weight is 329 g/mol. The van der Waals surface area contributed by atoms with Gasteiger partial charge in [-0.05, 0) is 24.1 Å². The highest BCUT2D eigenvalue weighted by molar-refractivity contribution is 6.05. The minimum atomic E-state index is -0.508. The lowest BCUT2D eigenvalue weighted by Gasteiger charge is -2.29. The van der Waals surface area contributed by atoms with Crippen molar-refractivity contribution in [3.8, 4) is 0 Å². The van der Waals surface area contributed by atoms with Gasteiger partial charge in [-0.25, -0.2) is 0 Å². The molecule has 128 valence electrons. The molecule has 2 aliphatic rings. The first kappa shape index (κ1) is 16.6. The Morgan fingerprint density at radius 3 is 2.79 bits per heavy atom. The van der Waals surface area contributed by atoms with Crippen molar-refractivity contribution in [2.45, 2.75) is 31.7 Å². The van der Waals surface area contributed by atoms with Gasteiger partial charge in [0.2, 0.25) is 5.91 Å². The molecule has 1 atom stereocenters. The molecular formula is C18H23N3O3. The maximum absolute atomic E-state index is 12.2. The van der Waals surface area contributed by atoms with Crippen molar-refractivity contribution < 1.29 is 14.4 Å². The van der Waals surface area contributed by atoms with Gasteiger partial charge in [-0.15, -0.1) is 0 Å². The Labute approximate surface area is 141 Å². The summed E-state index contributed by atoms with van der Waals surface area (Å²) < 4.78 is 0. The molecule has 6 heteroatoms. The van der Waals surface area contributed by atoms with Crippen molar-refractivity contribution in [1.29, 1.82) is 0 Å². The van der Waals surface area contributed by atoms with Crippen LogP contribution in [0.4, 0.5) is 5.69 Å². The molecule has 1 aromatic carbocycles. The van der Waals surface area contributed by atoms with Crippen molar-refractivity contribution >= 4 is 23.2 Å². The van der Waals surface area contributed by atoms with E-state index in [0.717, 1.165) is 37.4 Å². The minimum absolute atomic E-state index is 0.0331. The molecule has 2 fully saturated rings. The summed E-state index contributed by atoms with van der Waals surface area (Å²) in [7, 11) is 0. The van der Waals surface area contributed by atoms with Crippen LogP contribution in [0.5, 0.6) is 0 Å². The largest absolute Gasteiger partial charge is 0.369 e. The van der Waals surface area contributed by atoms with Crippen molar-refractivity contribution in [1.82, 2.24) is 10.6 Å². The lowest BCUT2D eigenvalue weighted by molar-refractivity contribution is -0.134. The number of hydrogen-bond acceptors (Lipinski definition) is 5. The molecule has 1 unspecified atom stereocenters. The highest BCUT2D eigenvalue weighted by atomic mass is 16.2. The number of carbonyl (C=O) groups excluding carboxylic acids is 3.